The number of amides is 4. The molecule has 1 aromatic carbocycles. The van der Waals surface area contributed by atoms with Gasteiger partial charge < -0.3 is 25.8 Å². The van der Waals surface area contributed by atoms with Crippen molar-refractivity contribution in [2.45, 2.75) is 57.7 Å². The van der Waals surface area contributed by atoms with Crippen molar-refractivity contribution < 1.29 is 24.0 Å². The van der Waals surface area contributed by atoms with Crippen molar-refractivity contribution in [3.8, 4) is 0 Å². The molecule has 6 rings (SSSR count). The molecular formula is C30H36ClN5O5. The monoisotopic (exact) mass is 581 g/mol. The lowest BCUT2D eigenvalue weighted by molar-refractivity contribution is -0.143. The molecular weight excluding hydrogens is 546 g/mol. The fourth-order valence-corrected chi connectivity index (χ4v) is 7.18. The summed E-state index contributed by atoms with van der Waals surface area (Å²) >= 11 is 5.87. The number of nitrogens with zero attached hydrogens (tertiary/aromatic N) is 1. The van der Waals surface area contributed by atoms with Gasteiger partial charge in [-0.3, -0.25) is 24.0 Å². The van der Waals surface area contributed by atoms with Crippen molar-refractivity contribution in [1.29, 1.82) is 0 Å². The average molecular weight is 582 g/mol. The van der Waals surface area contributed by atoms with Crippen LogP contribution < -0.4 is 16.0 Å². The van der Waals surface area contributed by atoms with Crippen LogP contribution in [0.4, 0.5) is 0 Å². The number of nitrogens with one attached hydrogen (secondary N) is 4. The van der Waals surface area contributed by atoms with Gasteiger partial charge in [0, 0.05) is 29.9 Å². The predicted octanol–water partition coefficient (Wildman–Crippen LogP) is 1.98. The number of carbonyl (C=O) groups excluding carboxylic acids is 5. The van der Waals surface area contributed by atoms with Crippen LogP contribution in [-0.4, -0.2) is 76.4 Å². The molecule has 11 heteroatoms. The molecule has 2 saturated heterocycles. The maximum atomic E-state index is 14.0. The summed E-state index contributed by atoms with van der Waals surface area (Å²) in [6.45, 7) is 5.13. The van der Waals surface area contributed by atoms with E-state index in [-0.39, 0.29) is 64.9 Å². The SMILES string of the molecule is CC1(C)[C@@H]2[C@@H](C(=O)N[C@@H](C[C@@H]3CCNC3=O)C(=O)CCl)N(C(=O)C(NC(=O)c3cc4ccccc4[nH]3)C3CC3)C[C@@H]21. The van der Waals surface area contributed by atoms with Crippen molar-refractivity contribution in [2.24, 2.45) is 29.1 Å². The Labute approximate surface area is 243 Å². The number of likely N-dealkylation sites (tertiary alicyclic amines) is 1. The maximum absolute atomic E-state index is 14.0. The lowest BCUT2D eigenvalue weighted by Crippen LogP contribution is -2.58. The molecule has 4 aliphatic rings. The van der Waals surface area contributed by atoms with Gasteiger partial charge in [-0.1, -0.05) is 32.0 Å². The van der Waals surface area contributed by atoms with Crippen molar-refractivity contribution in [2.75, 3.05) is 19.0 Å². The number of piperidine rings is 1. The van der Waals surface area contributed by atoms with Crippen LogP contribution in [-0.2, 0) is 19.2 Å². The summed E-state index contributed by atoms with van der Waals surface area (Å²) < 4.78 is 0. The van der Waals surface area contributed by atoms with Crippen molar-refractivity contribution >= 4 is 51.9 Å². The van der Waals surface area contributed by atoms with Crippen LogP contribution >= 0.6 is 11.6 Å². The molecule has 0 bridgehead atoms. The number of benzene rings is 1. The molecule has 4 N–H and O–H groups in total. The predicted molar refractivity (Wildman–Crippen MR) is 152 cm³/mol. The van der Waals surface area contributed by atoms with Gasteiger partial charge in [-0.25, -0.2) is 0 Å². The molecule has 218 valence electrons. The van der Waals surface area contributed by atoms with Gasteiger partial charge in [0.1, 0.15) is 17.8 Å². The molecule has 6 atom stereocenters. The molecule has 2 aromatic rings. The molecule has 2 saturated carbocycles. The van der Waals surface area contributed by atoms with E-state index in [2.05, 4.69) is 34.8 Å². The molecule has 1 aromatic heterocycles. The van der Waals surface area contributed by atoms with Gasteiger partial charge in [0.25, 0.3) is 5.91 Å². The summed E-state index contributed by atoms with van der Waals surface area (Å²) in [5, 5.41) is 9.49. The minimum atomic E-state index is -0.910. The standard InChI is InChI=1S/C30H36ClN5O5/c1-30(2)18-14-36(25(23(18)30)28(40)34-20(22(37)13-31)12-17-9-10-32-26(17)38)29(41)24(15-7-8-15)35-27(39)21-11-16-5-3-4-6-19(16)33-21/h3-6,11,15,17-18,20,23-25,33H,7-10,12-14H2,1-2H3,(H,32,38)(H,34,40)(H,35,39)/t17-,18-,20-,23-,24?,25-/m0/s1. The molecule has 0 radical (unpaired) electrons. The van der Waals surface area contributed by atoms with E-state index < -0.39 is 24.0 Å². The third kappa shape index (κ3) is 5.11. The third-order valence-electron chi connectivity index (χ3n) is 9.70. The van der Waals surface area contributed by atoms with Crippen LogP contribution in [0.3, 0.4) is 0 Å². The number of Topliss-reactive ketones (excluding diaryl/α,β-unsaturated/α-hetero) is 1. The summed E-state index contributed by atoms with van der Waals surface area (Å²) in [7, 11) is 0. The molecule has 1 unspecified atom stereocenters. The second-order valence-corrected chi connectivity index (χ2v) is 12.9. The van der Waals surface area contributed by atoms with E-state index in [1.54, 1.807) is 11.0 Å². The molecule has 2 aliphatic heterocycles. The first-order valence-corrected chi connectivity index (χ1v) is 15.0. The minimum Gasteiger partial charge on any atom is -0.356 e. The first-order valence-electron chi connectivity index (χ1n) is 14.5. The highest BCUT2D eigenvalue weighted by Crippen LogP contribution is 2.65. The fraction of sp³-hybridized carbons (Fsp3) is 0.567. The lowest BCUT2D eigenvalue weighted by Gasteiger charge is -2.34. The Hall–Kier alpha value is -3.40. The summed E-state index contributed by atoms with van der Waals surface area (Å²) in [6, 6.07) is 6.93. The smallest absolute Gasteiger partial charge is 0.268 e. The summed E-state index contributed by atoms with van der Waals surface area (Å²) in [5.41, 5.74) is 1.09. The Balaban J connectivity index is 1.20. The normalized spacial score (nSPS) is 27.6. The number of hydrogen-bond donors (Lipinski definition) is 4. The molecule has 41 heavy (non-hydrogen) atoms. The number of hydrogen-bond acceptors (Lipinski definition) is 5. The molecule has 0 spiro atoms. The number of rotatable bonds is 10. The quantitative estimate of drug-likeness (QED) is 0.318. The molecule has 4 fully saturated rings. The van der Waals surface area contributed by atoms with Crippen LogP contribution in [0.15, 0.2) is 30.3 Å². The van der Waals surface area contributed by atoms with Crippen LogP contribution in [0.25, 0.3) is 10.9 Å². The van der Waals surface area contributed by atoms with Crippen LogP contribution in [0.5, 0.6) is 0 Å². The van der Waals surface area contributed by atoms with E-state index in [1.165, 1.54) is 0 Å². The zero-order chi connectivity index (χ0) is 29.1. The van der Waals surface area contributed by atoms with Crippen LogP contribution in [0.1, 0.15) is 50.0 Å². The van der Waals surface area contributed by atoms with E-state index in [0.717, 1.165) is 23.7 Å². The Bertz CT molecular complexity index is 1380. The van der Waals surface area contributed by atoms with Crippen LogP contribution in [0.2, 0.25) is 0 Å². The topological polar surface area (TPSA) is 140 Å². The Kier molecular flexibility index (Phi) is 7.08. The maximum Gasteiger partial charge on any atom is 0.268 e. The van der Waals surface area contributed by atoms with Gasteiger partial charge in [0.05, 0.1) is 11.9 Å². The van der Waals surface area contributed by atoms with E-state index in [4.69, 9.17) is 11.6 Å². The van der Waals surface area contributed by atoms with Gasteiger partial charge in [-0.15, -0.1) is 11.6 Å². The number of carbonyl (C=O) groups is 5. The Morgan fingerprint density at radius 1 is 1.12 bits per heavy atom. The number of fused-ring (bicyclic) bond motifs is 2. The summed E-state index contributed by atoms with van der Waals surface area (Å²) in [6.07, 6.45) is 2.41. The largest absolute Gasteiger partial charge is 0.356 e. The number of alkyl halides is 1. The highest BCUT2D eigenvalue weighted by atomic mass is 35.5. The van der Waals surface area contributed by atoms with Crippen molar-refractivity contribution in [1.82, 2.24) is 25.8 Å². The number of aromatic nitrogens is 1. The van der Waals surface area contributed by atoms with E-state index in [1.807, 2.05) is 24.3 Å². The highest BCUT2D eigenvalue weighted by Gasteiger charge is 2.70. The van der Waals surface area contributed by atoms with Gasteiger partial charge in [0.2, 0.25) is 17.7 Å². The van der Waals surface area contributed by atoms with Gasteiger partial charge in [-0.2, -0.15) is 0 Å². The number of aromatic amines is 1. The molecule has 3 heterocycles. The number of halogens is 1. The van der Waals surface area contributed by atoms with Gasteiger partial charge in [-0.05, 0) is 61.0 Å². The molecule has 2 aliphatic carbocycles. The van der Waals surface area contributed by atoms with Gasteiger partial charge in [0.15, 0.2) is 5.78 Å². The Morgan fingerprint density at radius 2 is 1.88 bits per heavy atom. The zero-order valence-corrected chi connectivity index (χ0v) is 24.0. The second kappa shape index (κ2) is 10.5. The minimum absolute atomic E-state index is 0.0101. The molecule has 4 amide bonds. The van der Waals surface area contributed by atoms with Crippen LogP contribution in [0, 0.1) is 29.1 Å². The van der Waals surface area contributed by atoms with Crippen molar-refractivity contribution in [3.63, 3.8) is 0 Å². The van der Waals surface area contributed by atoms with E-state index in [0.29, 0.717) is 25.2 Å². The first-order chi connectivity index (χ1) is 19.6. The second-order valence-electron chi connectivity index (χ2n) is 12.6. The van der Waals surface area contributed by atoms with Gasteiger partial charge >= 0.3 is 0 Å². The van der Waals surface area contributed by atoms with E-state index >= 15 is 0 Å². The number of para-hydroxylation sites is 1. The fourth-order valence-electron chi connectivity index (χ4n) is 6.99. The zero-order valence-electron chi connectivity index (χ0n) is 23.2. The third-order valence-corrected chi connectivity index (χ3v) is 9.96. The average Bonchev–Trinajstić information content (AvgIpc) is 3.62. The van der Waals surface area contributed by atoms with E-state index in [9.17, 15) is 24.0 Å². The summed E-state index contributed by atoms with van der Waals surface area (Å²) in [4.78, 5) is 70.7. The number of H-pyrrole nitrogens is 1. The first kappa shape index (κ1) is 27.8. The highest BCUT2D eigenvalue weighted by molar-refractivity contribution is 6.28. The molecule has 10 nitrogen and oxygen atoms in total. The summed E-state index contributed by atoms with van der Waals surface area (Å²) in [5.74, 6) is -2.09. The lowest BCUT2D eigenvalue weighted by atomic mass is 9.95. The number of ketones is 1. The Morgan fingerprint density at radius 3 is 2.54 bits per heavy atom. The van der Waals surface area contributed by atoms with Crippen molar-refractivity contribution in [3.05, 3.63) is 36.0 Å².